The maximum absolute atomic E-state index is 11.6. The van der Waals surface area contributed by atoms with E-state index in [0.29, 0.717) is 6.54 Å². The number of unbranched alkanes of at least 4 members (excludes halogenated alkanes) is 1. The molecule has 3 nitrogen and oxygen atoms in total. The number of nitrogens with one attached hydrogen (secondary N) is 2. The Labute approximate surface area is 85.6 Å². The Balaban J connectivity index is 2.11. The van der Waals surface area contributed by atoms with Crippen LogP contribution in [0.25, 0.3) is 0 Å². The third kappa shape index (κ3) is 3.80. The van der Waals surface area contributed by atoms with E-state index >= 15 is 0 Å². The molecule has 1 aliphatic rings. The lowest BCUT2D eigenvalue weighted by Crippen LogP contribution is -2.38. The van der Waals surface area contributed by atoms with Crippen molar-refractivity contribution in [2.24, 2.45) is 5.92 Å². The van der Waals surface area contributed by atoms with Crippen LogP contribution in [0.5, 0.6) is 0 Å². The second kappa shape index (κ2) is 6.44. The van der Waals surface area contributed by atoms with Crippen molar-refractivity contribution in [2.45, 2.75) is 25.7 Å². The lowest BCUT2D eigenvalue weighted by Gasteiger charge is -2.21. The molecule has 0 aliphatic carbocycles. The molecule has 1 rings (SSSR count). The van der Waals surface area contributed by atoms with Crippen molar-refractivity contribution >= 4 is 5.91 Å². The van der Waals surface area contributed by atoms with Gasteiger partial charge in [-0.25, -0.2) is 0 Å². The second-order valence-corrected chi connectivity index (χ2v) is 3.62. The minimum absolute atomic E-state index is 0.198. The van der Waals surface area contributed by atoms with Crippen LogP contribution in [0.4, 0.5) is 0 Å². The number of carbonyl (C=O) groups is 1. The van der Waals surface area contributed by atoms with Crippen LogP contribution in [0.1, 0.15) is 25.7 Å². The third-order valence-electron chi connectivity index (χ3n) is 2.51. The Hall–Kier alpha value is -1.01. The Morgan fingerprint density at radius 2 is 2.21 bits per heavy atom. The van der Waals surface area contributed by atoms with Gasteiger partial charge in [0.15, 0.2) is 0 Å². The first-order chi connectivity index (χ1) is 6.84. The maximum Gasteiger partial charge on any atom is 0.223 e. The van der Waals surface area contributed by atoms with Crippen molar-refractivity contribution < 1.29 is 4.79 Å². The molecular formula is C11H18N2O. The fourth-order valence-corrected chi connectivity index (χ4v) is 1.63. The Morgan fingerprint density at radius 3 is 2.86 bits per heavy atom. The highest BCUT2D eigenvalue weighted by molar-refractivity contribution is 5.78. The number of hydrogen-bond acceptors (Lipinski definition) is 2. The molecule has 0 aromatic rings. The van der Waals surface area contributed by atoms with E-state index in [9.17, 15) is 4.79 Å². The van der Waals surface area contributed by atoms with Crippen LogP contribution >= 0.6 is 0 Å². The summed E-state index contributed by atoms with van der Waals surface area (Å²) in [6, 6.07) is 0. The van der Waals surface area contributed by atoms with E-state index in [-0.39, 0.29) is 11.8 Å². The summed E-state index contributed by atoms with van der Waals surface area (Å²) in [5.41, 5.74) is 0. The molecule has 0 bridgehead atoms. The van der Waals surface area contributed by atoms with Gasteiger partial charge in [0.05, 0.1) is 0 Å². The summed E-state index contributed by atoms with van der Waals surface area (Å²) in [7, 11) is 0. The maximum atomic E-state index is 11.6. The molecule has 1 fully saturated rings. The zero-order valence-electron chi connectivity index (χ0n) is 8.51. The van der Waals surface area contributed by atoms with Crippen molar-refractivity contribution in [3.8, 4) is 12.3 Å². The average Bonchev–Trinajstić information content (AvgIpc) is 2.25. The van der Waals surface area contributed by atoms with E-state index in [1.54, 1.807) is 0 Å². The highest BCUT2D eigenvalue weighted by Gasteiger charge is 2.19. The fraction of sp³-hybridized carbons (Fsp3) is 0.727. The van der Waals surface area contributed by atoms with E-state index in [0.717, 1.165) is 38.8 Å². The quantitative estimate of drug-likeness (QED) is 0.506. The molecule has 0 aromatic carbocycles. The van der Waals surface area contributed by atoms with Gasteiger partial charge in [0.25, 0.3) is 0 Å². The van der Waals surface area contributed by atoms with E-state index in [4.69, 9.17) is 6.42 Å². The minimum Gasteiger partial charge on any atom is -0.356 e. The molecule has 3 heteroatoms. The first-order valence-corrected chi connectivity index (χ1v) is 5.26. The van der Waals surface area contributed by atoms with E-state index in [1.807, 2.05) is 0 Å². The number of hydrogen-bond donors (Lipinski definition) is 2. The molecule has 78 valence electrons. The summed E-state index contributed by atoms with van der Waals surface area (Å²) < 4.78 is 0. The molecule has 1 saturated heterocycles. The fourth-order valence-electron chi connectivity index (χ4n) is 1.63. The first-order valence-electron chi connectivity index (χ1n) is 5.26. The Morgan fingerprint density at radius 1 is 1.50 bits per heavy atom. The molecule has 0 saturated carbocycles. The monoisotopic (exact) mass is 194 g/mol. The Bertz CT molecular complexity index is 214. The molecule has 0 atom stereocenters. The van der Waals surface area contributed by atoms with Gasteiger partial charge in [0.1, 0.15) is 0 Å². The largest absolute Gasteiger partial charge is 0.356 e. The number of rotatable bonds is 4. The lowest BCUT2D eigenvalue weighted by molar-refractivity contribution is -0.125. The third-order valence-corrected chi connectivity index (χ3v) is 2.51. The van der Waals surface area contributed by atoms with Gasteiger partial charge in [-0.05, 0) is 32.4 Å². The van der Waals surface area contributed by atoms with Crippen LogP contribution in [0, 0.1) is 18.3 Å². The molecule has 0 radical (unpaired) electrons. The molecule has 2 N–H and O–H groups in total. The van der Waals surface area contributed by atoms with Crippen LogP contribution in [0.2, 0.25) is 0 Å². The minimum atomic E-state index is 0.198. The van der Waals surface area contributed by atoms with Gasteiger partial charge in [-0.3, -0.25) is 4.79 Å². The first kappa shape index (κ1) is 11.1. The van der Waals surface area contributed by atoms with E-state index in [2.05, 4.69) is 16.6 Å². The highest BCUT2D eigenvalue weighted by Crippen LogP contribution is 2.11. The number of carbonyl (C=O) groups excluding carboxylic acids is 1. The van der Waals surface area contributed by atoms with Crippen LogP contribution in [0.3, 0.4) is 0 Å². The molecule has 0 aromatic heterocycles. The summed E-state index contributed by atoms with van der Waals surface area (Å²) in [5, 5.41) is 6.16. The number of piperidine rings is 1. The van der Waals surface area contributed by atoms with Gasteiger partial charge in [0.2, 0.25) is 5.91 Å². The van der Waals surface area contributed by atoms with Crippen LogP contribution in [-0.2, 0) is 4.79 Å². The second-order valence-electron chi connectivity index (χ2n) is 3.62. The zero-order valence-corrected chi connectivity index (χ0v) is 8.51. The predicted molar refractivity (Wildman–Crippen MR) is 56.7 cm³/mol. The average molecular weight is 194 g/mol. The smallest absolute Gasteiger partial charge is 0.223 e. The lowest BCUT2D eigenvalue weighted by atomic mass is 9.97. The molecule has 1 aliphatic heterocycles. The van der Waals surface area contributed by atoms with Gasteiger partial charge >= 0.3 is 0 Å². The standard InChI is InChI=1S/C11H18N2O/c1-2-3-4-7-13-11(14)10-5-8-12-9-6-10/h1,10,12H,3-9H2,(H,13,14). The predicted octanol–water partition coefficient (Wildman–Crippen LogP) is 0.516. The normalized spacial score (nSPS) is 17.4. The summed E-state index contributed by atoms with van der Waals surface area (Å²) in [5.74, 6) is 2.97. The summed E-state index contributed by atoms with van der Waals surface area (Å²) in [4.78, 5) is 11.6. The molecule has 1 heterocycles. The topological polar surface area (TPSA) is 41.1 Å². The molecular weight excluding hydrogens is 176 g/mol. The summed E-state index contributed by atoms with van der Waals surface area (Å²) >= 11 is 0. The van der Waals surface area contributed by atoms with E-state index < -0.39 is 0 Å². The van der Waals surface area contributed by atoms with Crippen LogP contribution < -0.4 is 10.6 Å². The van der Waals surface area contributed by atoms with Gasteiger partial charge in [0, 0.05) is 18.9 Å². The zero-order chi connectivity index (χ0) is 10.2. The van der Waals surface area contributed by atoms with Crippen molar-refractivity contribution in [1.29, 1.82) is 0 Å². The summed E-state index contributed by atoms with van der Waals surface area (Å²) in [6.45, 7) is 2.64. The number of terminal acetylenes is 1. The molecule has 14 heavy (non-hydrogen) atoms. The molecule has 0 spiro atoms. The van der Waals surface area contributed by atoms with Crippen molar-refractivity contribution in [3.63, 3.8) is 0 Å². The van der Waals surface area contributed by atoms with Gasteiger partial charge < -0.3 is 10.6 Å². The van der Waals surface area contributed by atoms with Gasteiger partial charge in [-0.2, -0.15) is 0 Å². The van der Waals surface area contributed by atoms with Crippen molar-refractivity contribution in [1.82, 2.24) is 10.6 Å². The molecule has 1 amide bonds. The van der Waals surface area contributed by atoms with Crippen LogP contribution in [-0.4, -0.2) is 25.5 Å². The van der Waals surface area contributed by atoms with Crippen LogP contribution in [0.15, 0.2) is 0 Å². The van der Waals surface area contributed by atoms with Gasteiger partial charge in [-0.15, -0.1) is 12.3 Å². The van der Waals surface area contributed by atoms with Gasteiger partial charge in [-0.1, -0.05) is 0 Å². The van der Waals surface area contributed by atoms with Crippen molar-refractivity contribution in [2.75, 3.05) is 19.6 Å². The highest BCUT2D eigenvalue weighted by atomic mass is 16.1. The summed E-state index contributed by atoms with van der Waals surface area (Å²) in [6.07, 6.45) is 8.66. The van der Waals surface area contributed by atoms with Crippen molar-refractivity contribution in [3.05, 3.63) is 0 Å². The SMILES string of the molecule is C#CCCCNC(=O)C1CCNCC1. The number of amides is 1. The Kier molecular flexibility index (Phi) is 5.09. The molecule has 0 unspecified atom stereocenters. The van der Waals surface area contributed by atoms with E-state index in [1.165, 1.54) is 0 Å².